The second-order valence-corrected chi connectivity index (χ2v) is 15.9. The van der Waals surface area contributed by atoms with Crippen LogP contribution in [0, 0.1) is 6.92 Å². The molecule has 256 valence electrons. The average Bonchev–Trinajstić information content (AvgIpc) is 3.89. The third kappa shape index (κ3) is 12.8. The molecule has 48 heavy (non-hydrogen) atoms. The van der Waals surface area contributed by atoms with Crippen LogP contribution in [-0.4, -0.2) is 79.2 Å². The van der Waals surface area contributed by atoms with Gasteiger partial charge in [-0.1, -0.05) is 44.4 Å². The van der Waals surface area contributed by atoms with Crippen molar-refractivity contribution in [1.82, 2.24) is 20.0 Å². The molecule has 1 heterocycles. The Balaban J connectivity index is 0.00000625. The van der Waals surface area contributed by atoms with Gasteiger partial charge >= 0.3 is 29.6 Å². The Morgan fingerprint density at radius 1 is 0.854 bits per heavy atom. The monoisotopic (exact) mass is 708 g/mol. The van der Waals surface area contributed by atoms with Crippen LogP contribution in [0.4, 0.5) is 23.1 Å². The fourth-order valence-corrected chi connectivity index (χ4v) is 7.69. The van der Waals surface area contributed by atoms with Gasteiger partial charge in [-0.2, -0.15) is 4.98 Å². The number of hydrogen-bond donors (Lipinski definition) is 4. The summed E-state index contributed by atoms with van der Waals surface area (Å²) in [5, 5.41) is 9.10. The van der Waals surface area contributed by atoms with Crippen molar-refractivity contribution in [2.45, 2.75) is 94.7 Å². The van der Waals surface area contributed by atoms with Crippen LogP contribution in [0.2, 0.25) is 0 Å². The molecule has 0 saturated heterocycles. The quantitative estimate of drug-likeness (QED) is 0.100. The van der Waals surface area contributed by atoms with Gasteiger partial charge in [-0.15, -0.1) is 0 Å². The maximum atomic E-state index is 12.8. The van der Waals surface area contributed by atoms with Crippen molar-refractivity contribution in [3.63, 3.8) is 0 Å². The fourth-order valence-electron chi connectivity index (χ4n) is 4.84. The van der Waals surface area contributed by atoms with Crippen LogP contribution in [0.5, 0.6) is 0 Å². The van der Waals surface area contributed by atoms with Gasteiger partial charge < -0.3 is 16.0 Å². The van der Waals surface area contributed by atoms with Crippen molar-refractivity contribution in [3.8, 4) is 0 Å². The first kappa shape index (κ1) is 39.4. The zero-order chi connectivity index (χ0) is 33.9. The van der Waals surface area contributed by atoms with Gasteiger partial charge in [0, 0.05) is 42.5 Å². The van der Waals surface area contributed by atoms with Gasteiger partial charge in [-0.25, -0.2) is 26.5 Å². The van der Waals surface area contributed by atoms with Crippen molar-refractivity contribution in [3.05, 3.63) is 65.9 Å². The van der Waals surface area contributed by atoms with E-state index in [1.807, 2.05) is 38.1 Å². The van der Waals surface area contributed by atoms with E-state index in [-0.39, 0.29) is 63.7 Å². The molecule has 0 aliphatic heterocycles. The summed E-state index contributed by atoms with van der Waals surface area (Å²) in [6, 6.07) is 13.6. The van der Waals surface area contributed by atoms with Gasteiger partial charge in [-0.05, 0) is 74.9 Å². The Morgan fingerprint density at radius 2 is 1.54 bits per heavy atom. The van der Waals surface area contributed by atoms with E-state index in [0.29, 0.717) is 50.2 Å². The zero-order valence-electron chi connectivity index (χ0n) is 26.9. The summed E-state index contributed by atoms with van der Waals surface area (Å²) >= 11 is 0. The Hall–Kier alpha value is -3.04. The number of hydrogen-bond acceptors (Lipinski definition) is 10. The number of sulfonamides is 1. The molecule has 1 fully saturated rings. The van der Waals surface area contributed by atoms with E-state index in [1.165, 1.54) is 12.1 Å². The number of nitrogens with zero attached hydrogens (tertiary/aromatic N) is 2. The standard InChI is InChI=1S/C33H44N6O6S2.Na.H/c1-3-4-6-16-31(41)39-47(44,45)29-14-10-13-27(21-29)37-33-35-22-24(2)32(38-33)36-26-12-9-11-25(20-26)23-34-30(40)15-7-5-8-19-46(42,43)28-17-18-28;;/h9-14,20-22,28H,3-8,15-19,23H2,1-2H3,(H,34,40)(H,39,41)(H2,35,36,37,38);;. The fraction of sp³-hybridized carbons (Fsp3) is 0.455. The number of aryl methyl sites for hydroxylation is 1. The molecule has 0 bridgehead atoms. The number of unbranched alkanes of at least 4 members (excludes halogenated alkanes) is 4. The molecule has 12 nitrogen and oxygen atoms in total. The molecule has 4 N–H and O–H groups in total. The van der Waals surface area contributed by atoms with Gasteiger partial charge in [0.15, 0.2) is 9.84 Å². The molecule has 0 radical (unpaired) electrons. The molecule has 1 aliphatic rings. The summed E-state index contributed by atoms with van der Waals surface area (Å²) < 4.78 is 51.6. The van der Waals surface area contributed by atoms with Crippen LogP contribution in [0.1, 0.15) is 82.3 Å². The first-order chi connectivity index (χ1) is 22.4. The molecule has 3 aromatic rings. The molecular formula is C33H45N6NaO6S2. The molecule has 2 aromatic carbocycles. The van der Waals surface area contributed by atoms with Gasteiger partial charge in [0.2, 0.25) is 17.8 Å². The number of amides is 2. The van der Waals surface area contributed by atoms with E-state index in [4.69, 9.17) is 0 Å². The molecule has 1 saturated carbocycles. The molecule has 4 rings (SSSR count). The molecule has 0 spiro atoms. The van der Waals surface area contributed by atoms with Crippen LogP contribution in [0.3, 0.4) is 0 Å². The predicted octanol–water partition coefficient (Wildman–Crippen LogP) is 4.76. The Bertz CT molecular complexity index is 1770. The third-order valence-electron chi connectivity index (χ3n) is 7.67. The molecule has 15 heteroatoms. The Morgan fingerprint density at radius 3 is 2.27 bits per heavy atom. The average molecular weight is 709 g/mol. The van der Waals surface area contributed by atoms with Crippen molar-refractivity contribution in [1.29, 1.82) is 0 Å². The van der Waals surface area contributed by atoms with E-state index in [2.05, 4.69) is 30.6 Å². The van der Waals surface area contributed by atoms with Gasteiger partial charge in [-0.3, -0.25) is 9.59 Å². The summed E-state index contributed by atoms with van der Waals surface area (Å²) in [6.07, 6.45) is 8.05. The summed E-state index contributed by atoms with van der Waals surface area (Å²) in [5.74, 6) is 0.370. The molecule has 1 aliphatic carbocycles. The Kier molecular flexibility index (Phi) is 15.3. The van der Waals surface area contributed by atoms with Crippen LogP contribution in [-0.2, 0) is 36.0 Å². The number of anilines is 4. The number of rotatable bonds is 19. The number of aromatic nitrogens is 2. The summed E-state index contributed by atoms with van der Waals surface area (Å²) in [4.78, 5) is 33.3. The summed E-state index contributed by atoms with van der Waals surface area (Å²) in [5.41, 5.74) is 2.85. The number of benzene rings is 2. The predicted molar refractivity (Wildman–Crippen MR) is 190 cm³/mol. The van der Waals surface area contributed by atoms with Gasteiger partial charge in [0.25, 0.3) is 10.0 Å². The second kappa shape index (κ2) is 18.6. The molecular weight excluding hydrogens is 664 g/mol. The SMILES string of the molecule is CCCCCC(=O)NS(=O)(=O)c1cccc(Nc2ncc(C)c(Nc3cccc(CNC(=O)CCCCCS(=O)(=O)C4CC4)c3)n2)c1.[NaH]. The van der Waals surface area contributed by atoms with Crippen LogP contribution >= 0.6 is 0 Å². The number of nitrogens with one attached hydrogen (secondary N) is 4. The summed E-state index contributed by atoms with van der Waals surface area (Å²) in [6.45, 7) is 4.21. The molecule has 0 unspecified atom stereocenters. The van der Waals surface area contributed by atoms with E-state index in [1.54, 1.807) is 18.3 Å². The molecule has 1 aromatic heterocycles. The van der Waals surface area contributed by atoms with Gasteiger partial charge in [0.05, 0.1) is 15.9 Å². The Labute approximate surface area is 306 Å². The zero-order valence-corrected chi connectivity index (χ0v) is 28.6. The first-order valence-corrected chi connectivity index (χ1v) is 19.3. The van der Waals surface area contributed by atoms with Crippen molar-refractivity contribution >= 4 is 84.4 Å². The van der Waals surface area contributed by atoms with Crippen molar-refractivity contribution < 1.29 is 26.4 Å². The van der Waals surface area contributed by atoms with E-state index in [9.17, 15) is 26.4 Å². The third-order valence-corrected chi connectivity index (χ3v) is 11.4. The van der Waals surface area contributed by atoms with E-state index in [0.717, 1.165) is 42.5 Å². The number of sulfone groups is 1. The topological polar surface area (TPSA) is 176 Å². The number of carbonyl (C=O) groups excluding carboxylic acids is 2. The van der Waals surface area contributed by atoms with Crippen molar-refractivity contribution in [2.24, 2.45) is 0 Å². The van der Waals surface area contributed by atoms with Crippen molar-refractivity contribution in [2.75, 3.05) is 16.4 Å². The number of carbonyl (C=O) groups is 2. The normalized spacial score (nSPS) is 12.9. The second-order valence-electron chi connectivity index (χ2n) is 11.8. The molecule has 2 amide bonds. The van der Waals surface area contributed by atoms with Crippen LogP contribution in [0.25, 0.3) is 0 Å². The molecule has 0 atom stereocenters. The van der Waals surface area contributed by atoms with Crippen LogP contribution in [0.15, 0.2) is 59.6 Å². The van der Waals surface area contributed by atoms with Crippen LogP contribution < -0.4 is 20.7 Å². The summed E-state index contributed by atoms with van der Waals surface area (Å²) in [7, 11) is -6.98. The van der Waals surface area contributed by atoms with E-state index >= 15 is 0 Å². The van der Waals surface area contributed by atoms with Gasteiger partial charge in [0.1, 0.15) is 5.82 Å². The first-order valence-electron chi connectivity index (χ1n) is 16.1. The van der Waals surface area contributed by atoms with E-state index < -0.39 is 25.8 Å². The minimum absolute atomic E-state index is 0. The maximum absolute atomic E-state index is 12.8. The minimum atomic E-state index is -4.03.